The molecule has 0 saturated heterocycles. The van der Waals surface area contributed by atoms with Crippen LogP contribution in [0.2, 0.25) is 0 Å². The van der Waals surface area contributed by atoms with Crippen molar-refractivity contribution in [3.8, 4) is 0 Å². The summed E-state index contributed by atoms with van der Waals surface area (Å²) in [7, 11) is 0. The molecule has 74 valence electrons. The lowest BCUT2D eigenvalue weighted by molar-refractivity contribution is 0.599. The molecule has 0 radical (unpaired) electrons. The van der Waals surface area contributed by atoms with E-state index in [9.17, 15) is 0 Å². The number of hydrogen-bond donors (Lipinski definition) is 1. The highest BCUT2D eigenvalue weighted by Crippen LogP contribution is 2.13. The summed E-state index contributed by atoms with van der Waals surface area (Å²) in [6.45, 7) is 1.96. The van der Waals surface area contributed by atoms with Gasteiger partial charge in [-0.25, -0.2) is 4.98 Å². The first-order chi connectivity index (χ1) is 6.81. The molecule has 1 N–H and O–H groups in total. The Kier molecular flexibility index (Phi) is 2.45. The zero-order valence-electron chi connectivity index (χ0n) is 7.55. The van der Waals surface area contributed by atoms with Crippen molar-refractivity contribution in [3.05, 3.63) is 24.0 Å². The van der Waals surface area contributed by atoms with Gasteiger partial charge in [0.1, 0.15) is 0 Å². The highest BCUT2D eigenvalue weighted by molar-refractivity contribution is 6.16. The standard InChI is InChI=1S/C7H9ClN6/c1-5(7-10-12-13-11-7)14-3-6(2-8)9-4-14/h3-5H,2H2,1H3,(H,10,11,12,13). The minimum Gasteiger partial charge on any atom is -0.327 e. The Morgan fingerprint density at radius 3 is 3.07 bits per heavy atom. The normalized spacial score (nSPS) is 13.0. The van der Waals surface area contributed by atoms with Gasteiger partial charge < -0.3 is 4.57 Å². The molecular weight excluding hydrogens is 204 g/mol. The highest BCUT2D eigenvalue weighted by atomic mass is 35.5. The predicted molar refractivity (Wildman–Crippen MR) is 49.8 cm³/mol. The van der Waals surface area contributed by atoms with Crippen molar-refractivity contribution < 1.29 is 0 Å². The number of hydrogen-bond acceptors (Lipinski definition) is 4. The maximum atomic E-state index is 5.64. The molecule has 14 heavy (non-hydrogen) atoms. The SMILES string of the molecule is CC(c1nn[nH]n1)n1cnc(CCl)c1. The Morgan fingerprint density at radius 2 is 2.50 bits per heavy atom. The van der Waals surface area contributed by atoms with E-state index in [0.29, 0.717) is 11.7 Å². The Hall–Kier alpha value is -1.43. The number of aromatic amines is 1. The van der Waals surface area contributed by atoms with Gasteiger partial charge in [-0.3, -0.25) is 0 Å². The Morgan fingerprint density at radius 1 is 1.64 bits per heavy atom. The number of halogens is 1. The van der Waals surface area contributed by atoms with Crippen LogP contribution in [0.4, 0.5) is 0 Å². The molecule has 0 fully saturated rings. The van der Waals surface area contributed by atoms with E-state index in [0.717, 1.165) is 5.69 Å². The molecular formula is C7H9ClN6. The summed E-state index contributed by atoms with van der Waals surface area (Å²) in [5, 5.41) is 13.7. The van der Waals surface area contributed by atoms with Gasteiger partial charge in [-0.2, -0.15) is 5.21 Å². The van der Waals surface area contributed by atoms with E-state index in [1.807, 2.05) is 17.7 Å². The zero-order valence-corrected chi connectivity index (χ0v) is 8.31. The lowest BCUT2D eigenvalue weighted by Gasteiger charge is -2.06. The number of rotatable bonds is 3. The monoisotopic (exact) mass is 212 g/mol. The second-order valence-electron chi connectivity index (χ2n) is 2.89. The van der Waals surface area contributed by atoms with Crippen LogP contribution < -0.4 is 0 Å². The molecule has 1 unspecified atom stereocenters. The van der Waals surface area contributed by atoms with Gasteiger partial charge in [0.05, 0.1) is 23.9 Å². The van der Waals surface area contributed by atoms with Gasteiger partial charge in [0, 0.05) is 6.20 Å². The largest absolute Gasteiger partial charge is 0.327 e. The molecule has 2 aromatic heterocycles. The van der Waals surface area contributed by atoms with E-state index < -0.39 is 0 Å². The fourth-order valence-electron chi connectivity index (χ4n) is 1.14. The van der Waals surface area contributed by atoms with E-state index in [1.54, 1.807) is 6.33 Å². The maximum absolute atomic E-state index is 5.64. The number of tetrazole rings is 1. The number of nitrogens with zero attached hydrogens (tertiary/aromatic N) is 5. The summed E-state index contributed by atoms with van der Waals surface area (Å²) in [6, 6.07) is 0.0122. The van der Waals surface area contributed by atoms with Crippen molar-refractivity contribution in [3.63, 3.8) is 0 Å². The maximum Gasteiger partial charge on any atom is 0.196 e. The second kappa shape index (κ2) is 3.75. The molecule has 0 spiro atoms. The summed E-state index contributed by atoms with van der Waals surface area (Å²) in [5.74, 6) is 1.04. The molecule has 0 aliphatic rings. The van der Waals surface area contributed by atoms with Crippen LogP contribution in [0.25, 0.3) is 0 Å². The zero-order chi connectivity index (χ0) is 9.97. The summed E-state index contributed by atoms with van der Waals surface area (Å²) in [5.41, 5.74) is 0.835. The second-order valence-corrected chi connectivity index (χ2v) is 3.16. The van der Waals surface area contributed by atoms with Gasteiger partial charge in [0.2, 0.25) is 0 Å². The highest BCUT2D eigenvalue weighted by Gasteiger charge is 2.12. The number of aromatic nitrogens is 6. The summed E-state index contributed by atoms with van der Waals surface area (Å²) < 4.78 is 1.89. The molecule has 0 amide bonds. The van der Waals surface area contributed by atoms with E-state index in [1.165, 1.54) is 0 Å². The van der Waals surface area contributed by atoms with Gasteiger partial charge >= 0.3 is 0 Å². The van der Waals surface area contributed by atoms with Gasteiger partial charge in [0.25, 0.3) is 0 Å². The first-order valence-corrected chi connectivity index (χ1v) is 4.66. The summed E-state index contributed by atoms with van der Waals surface area (Å²) in [6.07, 6.45) is 3.58. The van der Waals surface area contributed by atoms with Crippen molar-refractivity contribution >= 4 is 11.6 Å². The topological polar surface area (TPSA) is 72.3 Å². The molecule has 0 saturated carbocycles. The quantitative estimate of drug-likeness (QED) is 0.762. The van der Waals surface area contributed by atoms with Gasteiger partial charge in [0.15, 0.2) is 5.82 Å². The van der Waals surface area contributed by atoms with E-state index in [2.05, 4.69) is 25.6 Å². The predicted octanol–water partition coefficient (Wildman–Crippen LogP) is 0.744. The third-order valence-corrected chi connectivity index (χ3v) is 2.25. The Bertz CT molecular complexity index is 394. The lowest BCUT2D eigenvalue weighted by Crippen LogP contribution is -2.06. The van der Waals surface area contributed by atoms with Crippen LogP contribution in [-0.2, 0) is 5.88 Å². The molecule has 2 rings (SSSR count). The van der Waals surface area contributed by atoms with Crippen LogP contribution in [-0.4, -0.2) is 30.2 Å². The third kappa shape index (κ3) is 1.60. The van der Waals surface area contributed by atoms with Crippen molar-refractivity contribution in [1.82, 2.24) is 30.2 Å². The molecule has 1 atom stereocenters. The van der Waals surface area contributed by atoms with Crippen LogP contribution in [0, 0.1) is 0 Å². The number of nitrogens with one attached hydrogen (secondary N) is 1. The molecule has 0 bridgehead atoms. The number of alkyl halides is 1. The minimum atomic E-state index is 0.0122. The fourth-order valence-corrected chi connectivity index (χ4v) is 1.28. The van der Waals surface area contributed by atoms with Crippen LogP contribution in [0.3, 0.4) is 0 Å². The molecule has 6 nitrogen and oxygen atoms in total. The molecule has 0 aliphatic heterocycles. The average Bonchev–Trinajstić information content (AvgIpc) is 2.88. The molecule has 7 heteroatoms. The molecule has 0 aromatic carbocycles. The first kappa shape index (κ1) is 9.14. The van der Waals surface area contributed by atoms with Crippen LogP contribution >= 0.6 is 11.6 Å². The first-order valence-electron chi connectivity index (χ1n) is 4.13. The summed E-state index contributed by atoms with van der Waals surface area (Å²) in [4.78, 5) is 4.11. The van der Waals surface area contributed by atoms with Crippen LogP contribution in [0.1, 0.15) is 24.5 Å². The smallest absolute Gasteiger partial charge is 0.196 e. The average molecular weight is 213 g/mol. The number of imidazole rings is 1. The molecule has 2 heterocycles. The van der Waals surface area contributed by atoms with E-state index >= 15 is 0 Å². The fraction of sp³-hybridized carbons (Fsp3) is 0.429. The van der Waals surface area contributed by atoms with Crippen molar-refractivity contribution in [2.75, 3.05) is 0 Å². The Labute approximate surface area is 85.3 Å². The Balaban J connectivity index is 2.23. The van der Waals surface area contributed by atoms with Crippen molar-refractivity contribution in [2.45, 2.75) is 18.8 Å². The van der Waals surface area contributed by atoms with Gasteiger partial charge in [-0.1, -0.05) is 5.21 Å². The third-order valence-electron chi connectivity index (χ3n) is 1.97. The van der Waals surface area contributed by atoms with Crippen molar-refractivity contribution in [2.24, 2.45) is 0 Å². The summed E-state index contributed by atoms with van der Waals surface area (Å²) >= 11 is 5.64. The molecule has 2 aromatic rings. The lowest BCUT2D eigenvalue weighted by atomic mass is 10.3. The van der Waals surface area contributed by atoms with Crippen molar-refractivity contribution in [1.29, 1.82) is 0 Å². The van der Waals surface area contributed by atoms with Crippen LogP contribution in [0.5, 0.6) is 0 Å². The van der Waals surface area contributed by atoms with E-state index in [-0.39, 0.29) is 6.04 Å². The van der Waals surface area contributed by atoms with Gasteiger partial charge in [-0.15, -0.1) is 21.8 Å². The minimum absolute atomic E-state index is 0.0122. The van der Waals surface area contributed by atoms with E-state index in [4.69, 9.17) is 11.6 Å². The number of H-pyrrole nitrogens is 1. The van der Waals surface area contributed by atoms with Crippen LogP contribution in [0.15, 0.2) is 12.5 Å². The van der Waals surface area contributed by atoms with Gasteiger partial charge in [-0.05, 0) is 6.92 Å². The molecule has 0 aliphatic carbocycles.